The average molecular weight is 281 g/mol. The van der Waals surface area contributed by atoms with Gasteiger partial charge in [0.25, 0.3) is 0 Å². The zero-order chi connectivity index (χ0) is 14.4. The molecule has 0 atom stereocenters. The van der Waals surface area contributed by atoms with Crippen molar-refractivity contribution in [3.05, 3.63) is 28.8 Å². The highest BCUT2D eigenvalue weighted by Crippen LogP contribution is 2.20. The molecule has 6 heteroatoms. The Balaban J connectivity index is 2.78. The lowest BCUT2D eigenvalue weighted by Gasteiger charge is -2.18. The Kier molecular flexibility index (Phi) is 5.22. The number of urea groups is 1. The van der Waals surface area contributed by atoms with Gasteiger partial charge in [-0.25, -0.2) is 4.79 Å². The largest absolute Gasteiger partial charge is 0.480 e. The molecular formula is C13H13ClN2O3. The van der Waals surface area contributed by atoms with Gasteiger partial charge in [-0.3, -0.25) is 4.79 Å². The summed E-state index contributed by atoms with van der Waals surface area (Å²) >= 11 is 5.93. The molecule has 5 nitrogen and oxygen atoms in total. The van der Waals surface area contributed by atoms with Crippen LogP contribution in [0.2, 0.25) is 5.02 Å². The van der Waals surface area contributed by atoms with Gasteiger partial charge >= 0.3 is 12.0 Å². The number of nitrogens with zero attached hydrogens (tertiary/aromatic N) is 1. The van der Waals surface area contributed by atoms with E-state index in [0.717, 1.165) is 10.5 Å². The monoisotopic (exact) mass is 280 g/mol. The average Bonchev–Trinajstić information content (AvgIpc) is 2.33. The number of terminal acetylenes is 1. The van der Waals surface area contributed by atoms with Crippen LogP contribution in [0.15, 0.2) is 18.2 Å². The first-order chi connectivity index (χ1) is 8.93. The van der Waals surface area contributed by atoms with Crippen LogP contribution in [0.25, 0.3) is 0 Å². The van der Waals surface area contributed by atoms with Crippen LogP contribution >= 0.6 is 11.6 Å². The van der Waals surface area contributed by atoms with Crippen molar-refractivity contribution in [2.75, 3.05) is 18.4 Å². The maximum atomic E-state index is 11.8. The molecule has 1 aromatic carbocycles. The number of aliphatic carboxylic acids is 1. The minimum absolute atomic E-state index is 0.0856. The van der Waals surface area contributed by atoms with Gasteiger partial charge in [-0.05, 0) is 24.6 Å². The quantitative estimate of drug-likeness (QED) is 0.831. The summed E-state index contributed by atoms with van der Waals surface area (Å²) < 4.78 is 0. The fourth-order valence-corrected chi connectivity index (χ4v) is 1.53. The number of carbonyl (C=O) groups excluding carboxylic acids is 1. The van der Waals surface area contributed by atoms with E-state index in [9.17, 15) is 9.59 Å². The maximum absolute atomic E-state index is 11.8. The van der Waals surface area contributed by atoms with E-state index in [1.165, 1.54) is 0 Å². The third-order valence-corrected chi connectivity index (χ3v) is 2.73. The standard InChI is InChI=1S/C13H13ClN2O3/c1-3-6-16(8-12(17)18)13(19)15-10-5-4-9(2)11(14)7-10/h1,4-5,7H,6,8H2,2H3,(H,15,19)(H,17,18). The second-order valence-electron chi connectivity index (χ2n) is 3.85. The second-order valence-corrected chi connectivity index (χ2v) is 4.26. The molecule has 0 aromatic heterocycles. The first-order valence-electron chi connectivity index (χ1n) is 5.41. The van der Waals surface area contributed by atoms with Crippen molar-refractivity contribution in [1.82, 2.24) is 4.90 Å². The molecule has 0 bridgehead atoms. The molecule has 0 aliphatic heterocycles. The van der Waals surface area contributed by atoms with Crippen LogP contribution in [0.5, 0.6) is 0 Å². The molecule has 0 aliphatic rings. The Labute approximate surface area is 116 Å². The molecule has 0 aliphatic carbocycles. The smallest absolute Gasteiger partial charge is 0.323 e. The predicted octanol–water partition coefficient (Wildman–Crippen LogP) is 2.20. The minimum atomic E-state index is -1.13. The molecule has 0 saturated heterocycles. The lowest BCUT2D eigenvalue weighted by Crippen LogP contribution is -2.39. The van der Waals surface area contributed by atoms with E-state index in [0.29, 0.717) is 10.7 Å². The number of halogens is 1. The molecule has 0 radical (unpaired) electrons. The lowest BCUT2D eigenvalue weighted by atomic mass is 10.2. The highest BCUT2D eigenvalue weighted by molar-refractivity contribution is 6.31. The number of anilines is 1. The summed E-state index contributed by atoms with van der Waals surface area (Å²) in [6.45, 7) is 1.29. The summed E-state index contributed by atoms with van der Waals surface area (Å²) in [6.07, 6.45) is 5.09. The van der Waals surface area contributed by atoms with Crippen molar-refractivity contribution >= 4 is 29.3 Å². The predicted molar refractivity (Wildman–Crippen MR) is 73.2 cm³/mol. The number of hydrogen-bond acceptors (Lipinski definition) is 2. The van der Waals surface area contributed by atoms with E-state index in [2.05, 4.69) is 11.2 Å². The molecule has 0 fully saturated rings. The molecule has 100 valence electrons. The first-order valence-corrected chi connectivity index (χ1v) is 5.79. The highest BCUT2D eigenvalue weighted by atomic mass is 35.5. The van der Waals surface area contributed by atoms with Crippen LogP contribution in [-0.4, -0.2) is 35.1 Å². The van der Waals surface area contributed by atoms with Gasteiger partial charge in [0.2, 0.25) is 0 Å². The zero-order valence-electron chi connectivity index (χ0n) is 10.3. The van der Waals surface area contributed by atoms with Crippen molar-refractivity contribution in [3.63, 3.8) is 0 Å². The van der Waals surface area contributed by atoms with E-state index >= 15 is 0 Å². The zero-order valence-corrected chi connectivity index (χ0v) is 11.1. The summed E-state index contributed by atoms with van der Waals surface area (Å²) in [7, 11) is 0. The van der Waals surface area contributed by atoms with Crippen LogP contribution in [0.1, 0.15) is 5.56 Å². The van der Waals surface area contributed by atoms with Crippen molar-refractivity contribution in [1.29, 1.82) is 0 Å². The van der Waals surface area contributed by atoms with Crippen molar-refractivity contribution in [2.24, 2.45) is 0 Å². The number of aryl methyl sites for hydroxylation is 1. The van der Waals surface area contributed by atoms with Crippen LogP contribution in [0, 0.1) is 19.3 Å². The number of nitrogens with one attached hydrogen (secondary N) is 1. The van der Waals surface area contributed by atoms with E-state index < -0.39 is 18.5 Å². The van der Waals surface area contributed by atoms with Gasteiger partial charge in [0, 0.05) is 10.7 Å². The number of carboxylic acids is 1. The van der Waals surface area contributed by atoms with Crippen LogP contribution < -0.4 is 5.32 Å². The van der Waals surface area contributed by atoms with E-state index in [1.807, 2.05) is 6.92 Å². The highest BCUT2D eigenvalue weighted by Gasteiger charge is 2.15. The Hall–Kier alpha value is -2.19. The lowest BCUT2D eigenvalue weighted by molar-refractivity contribution is -0.137. The van der Waals surface area contributed by atoms with Gasteiger partial charge in [-0.2, -0.15) is 0 Å². The summed E-state index contributed by atoms with van der Waals surface area (Å²) in [5.74, 6) is 1.10. The van der Waals surface area contributed by atoms with Crippen molar-refractivity contribution in [2.45, 2.75) is 6.92 Å². The van der Waals surface area contributed by atoms with E-state index in [-0.39, 0.29) is 6.54 Å². The molecule has 0 heterocycles. The summed E-state index contributed by atoms with van der Waals surface area (Å²) in [6, 6.07) is 4.43. The topological polar surface area (TPSA) is 69.6 Å². The van der Waals surface area contributed by atoms with Crippen LogP contribution in [0.3, 0.4) is 0 Å². The number of benzene rings is 1. The molecule has 0 unspecified atom stereocenters. The maximum Gasteiger partial charge on any atom is 0.323 e. The Bertz CT molecular complexity index is 537. The fraction of sp³-hybridized carbons (Fsp3) is 0.231. The van der Waals surface area contributed by atoms with Crippen LogP contribution in [0.4, 0.5) is 10.5 Å². The third-order valence-electron chi connectivity index (χ3n) is 2.32. The Morgan fingerprint density at radius 1 is 1.53 bits per heavy atom. The van der Waals surface area contributed by atoms with Crippen LogP contribution in [-0.2, 0) is 4.79 Å². The Morgan fingerprint density at radius 3 is 2.74 bits per heavy atom. The van der Waals surface area contributed by atoms with E-state index in [1.54, 1.807) is 18.2 Å². The number of amides is 2. The SMILES string of the molecule is C#CCN(CC(=O)O)C(=O)Nc1ccc(C)c(Cl)c1. The van der Waals surface area contributed by atoms with Gasteiger partial charge in [0.15, 0.2) is 0 Å². The normalized spacial score (nSPS) is 9.53. The summed E-state index contributed by atoms with van der Waals surface area (Å²) in [5, 5.41) is 11.8. The molecule has 2 amide bonds. The number of carboxylic acid groups (broad SMARTS) is 1. The van der Waals surface area contributed by atoms with Crippen molar-refractivity contribution in [3.8, 4) is 12.3 Å². The molecule has 2 N–H and O–H groups in total. The number of hydrogen-bond donors (Lipinski definition) is 2. The van der Waals surface area contributed by atoms with Gasteiger partial charge in [0.1, 0.15) is 6.54 Å². The van der Waals surface area contributed by atoms with Gasteiger partial charge < -0.3 is 15.3 Å². The molecule has 0 spiro atoms. The Morgan fingerprint density at radius 2 is 2.21 bits per heavy atom. The van der Waals surface area contributed by atoms with Gasteiger partial charge in [-0.1, -0.05) is 23.6 Å². The minimum Gasteiger partial charge on any atom is -0.480 e. The molecule has 1 aromatic rings. The molecular weight excluding hydrogens is 268 g/mol. The number of rotatable bonds is 4. The van der Waals surface area contributed by atoms with Crippen molar-refractivity contribution < 1.29 is 14.7 Å². The molecule has 0 saturated carbocycles. The first kappa shape index (κ1) is 14.9. The summed E-state index contributed by atoms with van der Waals surface area (Å²) in [4.78, 5) is 23.5. The second kappa shape index (κ2) is 6.66. The third kappa shape index (κ3) is 4.53. The fourth-order valence-electron chi connectivity index (χ4n) is 1.35. The molecule has 19 heavy (non-hydrogen) atoms. The number of carbonyl (C=O) groups is 2. The van der Waals surface area contributed by atoms with Gasteiger partial charge in [-0.15, -0.1) is 6.42 Å². The molecule has 1 rings (SSSR count). The van der Waals surface area contributed by atoms with E-state index in [4.69, 9.17) is 23.1 Å². The summed E-state index contributed by atoms with van der Waals surface area (Å²) in [5.41, 5.74) is 1.36. The van der Waals surface area contributed by atoms with Gasteiger partial charge in [0.05, 0.1) is 6.54 Å².